The number of rotatable bonds is 3. The highest BCUT2D eigenvalue weighted by atomic mass is 35.5. The third-order valence-electron chi connectivity index (χ3n) is 3.77. The number of halogens is 1. The van der Waals surface area contributed by atoms with Gasteiger partial charge in [-0.2, -0.15) is 0 Å². The van der Waals surface area contributed by atoms with E-state index < -0.39 is 0 Å². The Morgan fingerprint density at radius 3 is 2.90 bits per heavy atom. The highest BCUT2D eigenvalue weighted by Gasteiger charge is 2.26. The SMILES string of the molecule is CSc1ncc(Cl)c(C(=O)N2CCCCC(N(C)C)C2)n1. The minimum atomic E-state index is -0.0912. The predicted molar refractivity (Wildman–Crippen MR) is 86.1 cm³/mol. The number of hydrogen-bond donors (Lipinski definition) is 0. The zero-order valence-electron chi connectivity index (χ0n) is 12.7. The van der Waals surface area contributed by atoms with Gasteiger partial charge in [-0.05, 0) is 33.2 Å². The van der Waals surface area contributed by atoms with Crippen LogP contribution in [-0.4, -0.2) is 65.2 Å². The summed E-state index contributed by atoms with van der Waals surface area (Å²) in [5.74, 6) is -0.0912. The van der Waals surface area contributed by atoms with Crippen LogP contribution in [0.15, 0.2) is 11.4 Å². The van der Waals surface area contributed by atoms with Gasteiger partial charge in [-0.15, -0.1) is 0 Å². The molecule has 7 heteroatoms. The van der Waals surface area contributed by atoms with E-state index in [-0.39, 0.29) is 5.91 Å². The van der Waals surface area contributed by atoms with Crippen LogP contribution in [0.3, 0.4) is 0 Å². The van der Waals surface area contributed by atoms with Gasteiger partial charge in [0.15, 0.2) is 10.9 Å². The van der Waals surface area contributed by atoms with Crippen molar-refractivity contribution >= 4 is 29.3 Å². The van der Waals surface area contributed by atoms with Crippen LogP contribution in [0, 0.1) is 0 Å². The molecule has 1 aromatic rings. The Hall–Kier alpha value is -0.850. The van der Waals surface area contributed by atoms with E-state index in [2.05, 4.69) is 29.0 Å². The second-order valence-electron chi connectivity index (χ2n) is 5.42. The van der Waals surface area contributed by atoms with E-state index in [9.17, 15) is 4.79 Å². The molecule has 1 aliphatic rings. The molecule has 0 aliphatic carbocycles. The normalized spacial score (nSPS) is 19.7. The van der Waals surface area contributed by atoms with Gasteiger partial charge in [0.25, 0.3) is 5.91 Å². The van der Waals surface area contributed by atoms with Crippen LogP contribution in [0.5, 0.6) is 0 Å². The molecule has 0 bridgehead atoms. The molecule has 1 unspecified atom stereocenters. The maximum absolute atomic E-state index is 12.7. The second kappa shape index (κ2) is 7.42. The van der Waals surface area contributed by atoms with Crippen molar-refractivity contribution in [3.63, 3.8) is 0 Å². The molecule has 1 atom stereocenters. The fourth-order valence-electron chi connectivity index (χ4n) is 2.47. The number of carbonyl (C=O) groups is 1. The zero-order valence-corrected chi connectivity index (χ0v) is 14.2. The molecule has 5 nitrogen and oxygen atoms in total. The lowest BCUT2D eigenvalue weighted by atomic mass is 10.1. The molecule has 1 saturated heterocycles. The van der Waals surface area contributed by atoms with Gasteiger partial charge in [0.2, 0.25) is 0 Å². The van der Waals surface area contributed by atoms with E-state index in [4.69, 9.17) is 11.6 Å². The first-order chi connectivity index (χ1) is 10.0. The molecular formula is C14H21ClN4OS. The minimum absolute atomic E-state index is 0.0912. The quantitative estimate of drug-likeness (QED) is 0.630. The number of likely N-dealkylation sites (tertiary alicyclic amines) is 1. The molecule has 0 saturated carbocycles. The van der Waals surface area contributed by atoms with Crippen molar-refractivity contribution in [3.8, 4) is 0 Å². The molecule has 0 spiro atoms. The van der Waals surface area contributed by atoms with Gasteiger partial charge in [-0.1, -0.05) is 29.8 Å². The average molecular weight is 329 g/mol. The summed E-state index contributed by atoms with van der Waals surface area (Å²) in [5.41, 5.74) is 0.315. The maximum atomic E-state index is 12.7. The summed E-state index contributed by atoms with van der Waals surface area (Å²) in [4.78, 5) is 25.2. The third kappa shape index (κ3) is 4.08. The fraction of sp³-hybridized carbons (Fsp3) is 0.643. The minimum Gasteiger partial charge on any atom is -0.336 e. The lowest BCUT2D eigenvalue weighted by Gasteiger charge is -2.28. The van der Waals surface area contributed by atoms with Crippen molar-refractivity contribution in [3.05, 3.63) is 16.9 Å². The maximum Gasteiger partial charge on any atom is 0.274 e. The first-order valence-corrected chi connectivity index (χ1v) is 8.65. The molecule has 1 amide bonds. The predicted octanol–water partition coefficient (Wildman–Crippen LogP) is 2.41. The van der Waals surface area contributed by atoms with Crippen LogP contribution in [-0.2, 0) is 0 Å². The Morgan fingerprint density at radius 1 is 1.48 bits per heavy atom. The number of nitrogens with zero attached hydrogens (tertiary/aromatic N) is 4. The topological polar surface area (TPSA) is 49.3 Å². The summed E-state index contributed by atoms with van der Waals surface area (Å²) in [6.07, 6.45) is 6.67. The van der Waals surface area contributed by atoms with Crippen LogP contribution in [0.4, 0.5) is 0 Å². The average Bonchev–Trinajstić information content (AvgIpc) is 2.73. The Morgan fingerprint density at radius 2 is 2.24 bits per heavy atom. The van der Waals surface area contributed by atoms with Crippen molar-refractivity contribution in [2.24, 2.45) is 0 Å². The van der Waals surface area contributed by atoms with Crippen LogP contribution in [0.2, 0.25) is 5.02 Å². The summed E-state index contributed by atoms with van der Waals surface area (Å²) in [7, 11) is 4.12. The van der Waals surface area contributed by atoms with Crippen molar-refractivity contribution in [2.75, 3.05) is 33.4 Å². The van der Waals surface area contributed by atoms with Crippen LogP contribution in [0.25, 0.3) is 0 Å². The summed E-state index contributed by atoms with van der Waals surface area (Å²) in [5, 5.41) is 0.894. The molecule has 1 aliphatic heterocycles. The van der Waals surface area contributed by atoms with Crippen molar-refractivity contribution in [1.29, 1.82) is 0 Å². The van der Waals surface area contributed by atoms with Crippen molar-refractivity contribution in [2.45, 2.75) is 30.5 Å². The Bertz CT molecular complexity index is 512. The van der Waals surface area contributed by atoms with E-state index in [0.29, 0.717) is 21.9 Å². The second-order valence-corrected chi connectivity index (χ2v) is 6.60. The van der Waals surface area contributed by atoms with Crippen molar-refractivity contribution in [1.82, 2.24) is 19.8 Å². The first-order valence-electron chi connectivity index (χ1n) is 7.05. The van der Waals surface area contributed by atoms with Gasteiger partial charge in [-0.25, -0.2) is 9.97 Å². The lowest BCUT2D eigenvalue weighted by Crippen LogP contribution is -2.42. The van der Waals surface area contributed by atoms with E-state index in [1.807, 2.05) is 11.2 Å². The van der Waals surface area contributed by atoms with E-state index in [0.717, 1.165) is 32.4 Å². The number of hydrogen-bond acceptors (Lipinski definition) is 5. The molecule has 116 valence electrons. The Kier molecular flexibility index (Phi) is 5.84. The molecular weight excluding hydrogens is 308 g/mol. The zero-order chi connectivity index (χ0) is 15.4. The molecule has 1 aromatic heterocycles. The summed E-state index contributed by atoms with van der Waals surface area (Å²) >= 11 is 7.52. The molecule has 2 rings (SSSR count). The van der Waals surface area contributed by atoms with Crippen LogP contribution >= 0.6 is 23.4 Å². The molecule has 0 radical (unpaired) electrons. The number of aromatic nitrogens is 2. The van der Waals surface area contributed by atoms with Gasteiger partial charge >= 0.3 is 0 Å². The van der Waals surface area contributed by atoms with Crippen molar-refractivity contribution < 1.29 is 4.79 Å². The van der Waals surface area contributed by atoms with E-state index >= 15 is 0 Å². The van der Waals surface area contributed by atoms with Gasteiger partial charge in [0.1, 0.15) is 0 Å². The molecule has 21 heavy (non-hydrogen) atoms. The first kappa shape index (κ1) is 16.5. The van der Waals surface area contributed by atoms with E-state index in [1.54, 1.807) is 0 Å². The highest BCUT2D eigenvalue weighted by molar-refractivity contribution is 7.98. The van der Waals surface area contributed by atoms with Crippen LogP contribution in [0.1, 0.15) is 29.8 Å². The van der Waals surface area contributed by atoms with Gasteiger partial charge in [0, 0.05) is 19.1 Å². The van der Waals surface area contributed by atoms with Crippen LogP contribution < -0.4 is 0 Å². The smallest absolute Gasteiger partial charge is 0.274 e. The fourth-order valence-corrected chi connectivity index (χ4v) is 2.99. The van der Waals surface area contributed by atoms with Gasteiger partial charge in [0.05, 0.1) is 11.2 Å². The van der Waals surface area contributed by atoms with E-state index in [1.165, 1.54) is 18.0 Å². The number of carbonyl (C=O) groups excluding carboxylic acids is 1. The third-order valence-corrected chi connectivity index (χ3v) is 4.61. The summed E-state index contributed by atoms with van der Waals surface area (Å²) in [6, 6.07) is 0.386. The molecule has 0 N–H and O–H groups in total. The Labute approximate surface area is 135 Å². The monoisotopic (exact) mass is 328 g/mol. The number of amides is 1. The standard InChI is InChI=1S/C14H21ClN4OS/c1-18(2)10-6-4-5-7-19(9-10)13(20)12-11(15)8-16-14(17-12)21-3/h8,10H,4-7,9H2,1-3H3. The largest absolute Gasteiger partial charge is 0.336 e. The molecule has 2 heterocycles. The summed E-state index contributed by atoms with van der Waals surface area (Å²) in [6.45, 7) is 1.48. The number of thioether (sulfide) groups is 1. The molecule has 1 fully saturated rings. The summed E-state index contributed by atoms with van der Waals surface area (Å²) < 4.78 is 0. The number of likely N-dealkylation sites (N-methyl/N-ethyl adjacent to an activating group) is 1. The lowest BCUT2D eigenvalue weighted by molar-refractivity contribution is 0.0719. The molecule has 0 aromatic carbocycles. The van der Waals surface area contributed by atoms with Gasteiger partial charge < -0.3 is 9.80 Å². The van der Waals surface area contributed by atoms with Gasteiger partial charge in [-0.3, -0.25) is 4.79 Å². The Balaban J connectivity index is 2.21. The highest BCUT2D eigenvalue weighted by Crippen LogP contribution is 2.21.